The maximum atomic E-state index is 12.6. The van der Waals surface area contributed by atoms with E-state index in [0.29, 0.717) is 24.8 Å². The standard InChI is InChI=1S/C18H19F3N4O2/c19-18(20,21)13-1-3-14(4-2-13)23-16-22-8-5-15(24-16)25-9-6-17(7-10-25)26-11-12-27-17/h1-5,8H,6-7,9-12H2,(H,22,23,24). The number of nitrogens with zero attached hydrogens (tertiary/aromatic N) is 3. The molecule has 27 heavy (non-hydrogen) atoms. The number of ether oxygens (including phenoxy) is 2. The van der Waals surface area contributed by atoms with E-state index in [1.54, 1.807) is 6.20 Å². The van der Waals surface area contributed by atoms with Crippen LogP contribution in [0.1, 0.15) is 18.4 Å². The molecule has 0 bridgehead atoms. The van der Waals surface area contributed by atoms with Gasteiger partial charge in [0.05, 0.1) is 18.8 Å². The molecule has 2 aliphatic heterocycles. The minimum atomic E-state index is -4.35. The Morgan fingerprint density at radius 1 is 1.00 bits per heavy atom. The number of hydrogen-bond donors (Lipinski definition) is 1. The Hall–Kier alpha value is -2.39. The summed E-state index contributed by atoms with van der Waals surface area (Å²) in [5.41, 5.74) is -0.202. The van der Waals surface area contributed by atoms with Gasteiger partial charge in [0.25, 0.3) is 0 Å². The summed E-state index contributed by atoms with van der Waals surface area (Å²) in [5.74, 6) is 0.637. The summed E-state index contributed by atoms with van der Waals surface area (Å²) >= 11 is 0. The normalized spacial score (nSPS) is 19.4. The van der Waals surface area contributed by atoms with Crippen molar-refractivity contribution in [3.63, 3.8) is 0 Å². The highest BCUT2D eigenvalue weighted by molar-refractivity contribution is 5.55. The van der Waals surface area contributed by atoms with Gasteiger partial charge in [-0.25, -0.2) is 4.98 Å². The summed E-state index contributed by atoms with van der Waals surface area (Å²) in [6, 6.07) is 6.58. The lowest BCUT2D eigenvalue weighted by atomic mass is 10.0. The predicted molar refractivity (Wildman–Crippen MR) is 92.8 cm³/mol. The molecule has 0 amide bonds. The van der Waals surface area contributed by atoms with Crippen molar-refractivity contribution in [2.45, 2.75) is 24.8 Å². The van der Waals surface area contributed by atoms with Gasteiger partial charge in [0.1, 0.15) is 5.82 Å². The molecule has 1 N–H and O–H groups in total. The van der Waals surface area contributed by atoms with E-state index in [9.17, 15) is 13.2 Å². The zero-order valence-corrected chi connectivity index (χ0v) is 14.5. The van der Waals surface area contributed by atoms with Crippen LogP contribution in [0.25, 0.3) is 0 Å². The largest absolute Gasteiger partial charge is 0.416 e. The van der Waals surface area contributed by atoms with Gasteiger partial charge in [0.2, 0.25) is 5.95 Å². The summed E-state index contributed by atoms with van der Waals surface area (Å²) in [6.45, 7) is 2.76. The fourth-order valence-electron chi connectivity index (χ4n) is 3.32. The molecule has 2 aliphatic rings. The summed E-state index contributed by atoms with van der Waals surface area (Å²) in [7, 11) is 0. The molecule has 2 saturated heterocycles. The molecular weight excluding hydrogens is 361 g/mol. The molecule has 0 aliphatic carbocycles. The van der Waals surface area contributed by atoms with Crippen molar-refractivity contribution in [3.8, 4) is 0 Å². The number of nitrogens with one attached hydrogen (secondary N) is 1. The lowest BCUT2D eigenvalue weighted by Crippen LogP contribution is -2.45. The number of rotatable bonds is 3. The second-order valence-electron chi connectivity index (χ2n) is 6.53. The third-order valence-corrected chi connectivity index (χ3v) is 4.77. The molecule has 3 heterocycles. The molecule has 1 aromatic carbocycles. The third-order valence-electron chi connectivity index (χ3n) is 4.77. The third kappa shape index (κ3) is 3.98. The Bertz CT molecular complexity index is 782. The van der Waals surface area contributed by atoms with Crippen molar-refractivity contribution in [2.24, 2.45) is 0 Å². The average Bonchev–Trinajstić information content (AvgIpc) is 3.10. The lowest BCUT2D eigenvalue weighted by Gasteiger charge is -2.38. The van der Waals surface area contributed by atoms with Crippen LogP contribution in [0.3, 0.4) is 0 Å². The first-order valence-electron chi connectivity index (χ1n) is 8.74. The van der Waals surface area contributed by atoms with Crippen molar-refractivity contribution in [1.29, 1.82) is 0 Å². The molecule has 1 spiro atoms. The van der Waals surface area contributed by atoms with Crippen LogP contribution >= 0.6 is 0 Å². The average molecular weight is 380 g/mol. The lowest BCUT2D eigenvalue weighted by molar-refractivity contribution is -0.169. The first kappa shape index (κ1) is 18.0. The molecule has 0 unspecified atom stereocenters. The van der Waals surface area contributed by atoms with Crippen molar-refractivity contribution >= 4 is 17.5 Å². The minimum Gasteiger partial charge on any atom is -0.356 e. The van der Waals surface area contributed by atoms with Gasteiger partial charge in [-0.05, 0) is 30.3 Å². The summed E-state index contributed by atoms with van der Waals surface area (Å²) in [6.07, 6.45) is -1.20. The second-order valence-corrected chi connectivity index (χ2v) is 6.53. The first-order valence-corrected chi connectivity index (χ1v) is 8.74. The molecule has 144 valence electrons. The van der Waals surface area contributed by atoms with Gasteiger partial charge < -0.3 is 19.7 Å². The molecule has 0 radical (unpaired) electrons. The SMILES string of the molecule is FC(F)(F)c1ccc(Nc2nccc(N3CCC4(CC3)OCCO4)n2)cc1. The van der Waals surface area contributed by atoms with E-state index in [-0.39, 0.29) is 0 Å². The van der Waals surface area contributed by atoms with E-state index >= 15 is 0 Å². The van der Waals surface area contributed by atoms with E-state index in [0.717, 1.165) is 43.9 Å². The zero-order valence-electron chi connectivity index (χ0n) is 14.5. The van der Waals surface area contributed by atoms with Crippen molar-refractivity contribution < 1.29 is 22.6 Å². The Balaban J connectivity index is 1.42. The molecule has 0 saturated carbocycles. The summed E-state index contributed by atoms with van der Waals surface area (Å²) < 4.78 is 49.4. The first-order chi connectivity index (χ1) is 12.9. The summed E-state index contributed by atoms with van der Waals surface area (Å²) in [5, 5.41) is 2.95. The number of anilines is 3. The predicted octanol–water partition coefficient (Wildman–Crippen LogP) is 3.58. The number of benzene rings is 1. The van der Waals surface area contributed by atoms with Crippen LogP contribution < -0.4 is 10.2 Å². The highest BCUT2D eigenvalue weighted by Gasteiger charge is 2.40. The zero-order chi connectivity index (χ0) is 18.9. The van der Waals surface area contributed by atoms with Gasteiger partial charge in [-0.3, -0.25) is 0 Å². The number of hydrogen-bond acceptors (Lipinski definition) is 6. The number of piperidine rings is 1. The van der Waals surface area contributed by atoms with E-state index < -0.39 is 17.5 Å². The van der Waals surface area contributed by atoms with Crippen LogP contribution in [-0.4, -0.2) is 42.1 Å². The molecule has 0 atom stereocenters. The topological polar surface area (TPSA) is 59.5 Å². The second kappa shape index (κ2) is 6.97. The fourth-order valence-corrected chi connectivity index (χ4v) is 3.32. The maximum absolute atomic E-state index is 12.6. The molecule has 9 heteroatoms. The van der Waals surface area contributed by atoms with Gasteiger partial charge in [-0.2, -0.15) is 18.2 Å². The molecular formula is C18H19F3N4O2. The van der Waals surface area contributed by atoms with E-state index in [4.69, 9.17) is 9.47 Å². The van der Waals surface area contributed by atoms with Crippen molar-refractivity contribution in [3.05, 3.63) is 42.1 Å². The van der Waals surface area contributed by atoms with E-state index in [2.05, 4.69) is 20.2 Å². The minimum absolute atomic E-state index is 0.334. The van der Waals surface area contributed by atoms with Gasteiger partial charge in [0.15, 0.2) is 5.79 Å². The Kier molecular flexibility index (Phi) is 4.65. The van der Waals surface area contributed by atoms with Gasteiger partial charge >= 0.3 is 6.18 Å². The Labute approximate surface area is 154 Å². The van der Waals surface area contributed by atoms with Crippen molar-refractivity contribution in [2.75, 3.05) is 36.5 Å². The van der Waals surface area contributed by atoms with Gasteiger partial charge in [0, 0.05) is 37.8 Å². The highest BCUT2D eigenvalue weighted by atomic mass is 19.4. The number of alkyl halides is 3. The van der Waals surface area contributed by atoms with Crippen molar-refractivity contribution in [1.82, 2.24) is 9.97 Å². The van der Waals surface area contributed by atoms with Crippen LogP contribution in [0.15, 0.2) is 36.5 Å². The number of aromatic nitrogens is 2. The Morgan fingerprint density at radius 3 is 2.30 bits per heavy atom. The maximum Gasteiger partial charge on any atom is 0.416 e. The molecule has 4 rings (SSSR count). The van der Waals surface area contributed by atoms with E-state index in [1.165, 1.54) is 12.1 Å². The van der Waals surface area contributed by atoms with E-state index in [1.807, 2.05) is 6.07 Å². The Morgan fingerprint density at radius 2 is 1.67 bits per heavy atom. The smallest absolute Gasteiger partial charge is 0.356 e. The molecule has 1 aromatic heterocycles. The molecule has 2 fully saturated rings. The highest BCUT2D eigenvalue weighted by Crippen LogP contribution is 2.33. The number of halogens is 3. The van der Waals surface area contributed by atoms with Gasteiger partial charge in [-0.15, -0.1) is 0 Å². The monoisotopic (exact) mass is 380 g/mol. The van der Waals surface area contributed by atoms with Crippen LogP contribution in [0.4, 0.5) is 30.6 Å². The molecule has 6 nitrogen and oxygen atoms in total. The van der Waals surface area contributed by atoms with Crippen LogP contribution in [-0.2, 0) is 15.7 Å². The van der Waals surface area contributed by atoms with Crippen LogP contribution in [0, 0.1) is 0 Å². The van der Waals surface area contributed by atoms with Crippen LogP contribution in [0.2, 0.25) is 0 Å². The fraction of sp³-hybridized carbons (Fsp3) is 0.444. The van der Waals surface area contributed by atoms with Gasteiger partial charge in [-0.1, -0.05) is 0 Å². The molecule has 2 aromatic rings. The quantitative estimate of drug-likeness (QED) is 0.878. The summed E-state index contributed by atoms with van der Waals surface area (Å²) in [4.78, 5) is 10.7. The van der Waals surface area contributed by atoms with Crippen LogP contribution in [0.5, 0.6) is 0 Å².